The number of benzene rings is 1. The summed E-state index contributed by atoms with van der Waals surface area (Å²) in [7, 11) is 1.86. The van der Waals surface area contributed by atoms with E-state index in [2.05, 4.69) is 39.5 Å². The van der Waals surface area contributed by atoms with Gasteiger partial charge < -0.3 is 19.7 Å². The van der Waals surface area contributed by atoms with Crippen molar-refractivity contribution in [3.8, 4) is 0 Å². The number of guanidine groups is 1. The van der Waals surface area contributed by atoms with Crippen LogP contribution in [0, 0.1) is 0 Å². The topological polar surface area (TPSA) is 46.1 Å². The van der Waals surface area contributed by atoms with E-state index >= 15 is 0 Å². The van der Waals surface area contributed by atoms with E-state index in [1.165, 1.54) is 24.0 Å². The fourth-order valence-corrected chi connectivity index (χ4v) is 3.33. The Bertz CT molecular complexity index is 541. The van der Waals surface area contributed by atoms with E-state index in [0.29, 0.717) is 12.7 Å². The molecule has 25 heavy (non-hydrogen) atoms. The van der Waals surface area contributed by atoms with Crippen molar-refractivity contribution >= 4 is 29.9 Å². The van der Waals surface area contributed by atoms with E-state index in [1.54, 1.807) is 0 Å². The summed E-state index contributed by atoms with van der Waals surface area (Å²) >= 11 is 0. The van der Waals surface area contributed by atoms with E-state index in [1.807, 2.05) is 7.05 Å². The molecule has 2 heterocycles. The van der Waals surface area contributed by atoms with E-state index in [4.69, 9.17) is 9.47 Å². The van der Waals surface area contributed by atoms with Gasteiger partial charge in [-0.1, -0.05) is 24.3 Å². The number of halogens is 1. The molecule has 0 atom stereocenters. The van der Waals surface area contributed by atoms with Gasteiger partial charge in [-0.2, -0.15) is 0 Å². The first-order valence-corrected chi connectivity index (χ1v) is 9.08. The molecule has 2 aliphatic rings. The smallest absolute Gasteiger partial charge is 0.193 e. The molecule has 0 radical (unpaired) electrons. The third-order valence-corrected chi connectivity index (χ3v) is 4.71. The minimum absolute atomic E-state index is 0. The molecule has 1 N–H and O–H groups in total. The van der Waals surface area contributed by atoms with Crippen LogP contribution in [0.2, 0.25) is 0 Å². The fourth-order valence-electron chi connectivity index (χ4n) is 3.33. The summed E-state index contributed by atoms with van der Waals surface area (Å²) in [4.78, 5) is 6.73. The molecule has 0 unspecified atom stereocenters. The predicted octanol–water partition coefficient (Wildman–Crippen LogP) is 3.17. The number of likely N-dealkylation sites (tertiary alicyclic amines) is 1. The second kappa shape index (κ2) is 11.0. The van der Waals surface area contributed by atoms with Crippen molar-refractivity contribution in [3.05, 3.63) is 35.4 Å². The Morgan fingerprint density at radius 3 is 2.68 bits per heavy atom. The first-order chi connectivity index (χ1) is 11.8. The average molecular weight is 459 g/mol. The molecule has 3 rings (SSSR count). The van der Waals surface area contributed by atoms with Gasteiger partial charge in [-0.25, -0.2) is 0 Å². The molecule has 2 saturated heterocycles. The van der Waals surface area contributed by atoms with Crippen LogP contribution in [-0.2, 0) is 22.6 Å². The summed E-state index contributed by atoms with van der Waals surface area (Å²) in [5, 5.41) is 3.48. The molecule has 2 aliphatic heterocycles. The normalized spacial score (nSPS) is 18.9. The van der Waals surface area contributed by atoms with Gasteiger partial charge in [-0.15, -0.1) is 24.0 Å². The van der Waals surface area contributed by atoms with Crippen LogP contribution < -0.4 is 5.32 Å². The van der Waals surface area contributed by atoms with Crippen molar-refractivity contribution in [2.45, 2.75) is 44.9 Å². The zero-order chi connectivity index (χ0) is 16.6. The maximum atomic E-state index is 6.02. The van der Waals surface area contributed by atoms with E-state index in [9.17, 15) is 0 Å². The Labute approximate surface area is 168 Å². The van der Waals surface area contributed by atoms with E-state index < -0.39 is 0 Å². The molecular weight excluding hydrogens is 429 g/mol. The van der Waals surface area contributed by atoms with Crippen LogP contribution >= 0.6 is 24.0 Å². The second-order valence-corrected chi connectivity index (χ2v) is 6.54. The van der Waals surface area contributed by atoms with Gasteiger partial charge in [0.25, 0.3) is 0 Å². The van der Waals surface area contributed by atoms with Crippen LogP contribution in [0.5, 0.6) is 0 Å². The van der Waals surface area contributed by atoms with Crippen molar-refractivity contribution in [1.82, 2.24) is 10.2 Å². The molecule has 1 aromatic carbocycles. The Kier molecular flexibility index (Phi) is 8.98. The van der Waals surface area contributed by atoms with Crippen LogP contribution in [0.15, 0.2) is 29.3 Å². The molecule has 0 aromatic heterocycles. The maximum Gasteiger partial charge on any atom is 0.193 e. The van der Waals surface area contributed by atoms with Crippen molar-refractivity contribution < 1.29 is 9.47 Å². The lowest BCUT2D eigenvalue weighted by molar-refractivity contribution is -0.0390. The average Bonchev–Trinajstić information content (AvgIpc) is 3.16. The molecule has 140 valence electrons. The number of rotatable bonds is 5. The number of hydrogen-bond donors (Lipinski definition) is 1. The Morgan fingerprint density at radius 1 is 1.24 bits per heavy atom. The number of nitrogens with one attached hydrogen (secondary N) is 1. The molecule has 0 saturated carbocycles. The van der Waals surface area contributed by atoms with Gasteiger partial charge in [0.05, 0.1) is 12.7 Å². The van der Waals surface area contributed by atoms with Crippen molar-refractivity contribution in [2.75, 3.05) is 33.4 Å². The molecule has 5 nitrogen and oxygen atoms in total. The van der Waals surface area contributed by atoms with Gasteiger partial charge in [-0.05, 0) is 36.8 Å². The van der Waals surface area contributed by atoms with E-state index in [-0.39, 0.29) is 24.0 Å². The molecule has 1 aromatic rings. The molecular formula is C19H30IN3O2. The molecule has 0 bridgehead atoms. The van der Waals surface area contributed by atoms with Crippen molar-refractivity contribution in [1.29, 1.82) is 0 Å². The monoisotopic (exact) mass is 459 g/mol. The lowest BCUT2D eigenvalue weighted by Crippen LogP contribution is -2.39. The van der Waals surface area contributed by atoms with Gasteiger partial charge in [0, 0.05) is 39.9 Å². The largest absolute Gasteiger partial charge is 0.381 e. The summed E-state index contributed by atoms with van der Waals surface area (Å²) in [5.41, 5.74) is 2.50. The second-order valence-electron chi connectivity index (χ2n) is 6.54. The molecule has 0 aliphatic carbocycles. The SMILES string of the molecule is CN=C(NCc1cccc(COC2CCOCC2)c1)N1CCCC1.I. The Hall–Kier alpha value is -0.860. The summed E-state index contributed by atoms with van der Waals surface area (Å²) in [6, 6.07) is 8.63. The number of ether oxygens (including phenoxy) is 2. The van der Waals surface area contributed by atoms with Gasteiger partial charge in [0.2, 0.25) is 0 Å². The third-order valence-electron chi connectivity index (χ3n) is 4.71. The quantitative estimate of drug-likeness (QED) is 0.418. The first-order valence-electron chi connectivity index (χ1n) is 9.08. The van der Waals surface area contributed by atoms with Gasteiger partial charge in [0.1, 0.15) is 0 Å². The van der Waals surface area contributed by atoms with Gasteiger partial charge in [0.15, 0.2) is 5.96 Å². The molecule has 2 fully saturated rings. The zero-order valence-corrected chi connectivity index (χ0v) is 17.4. The first kappa shape index (κ1) is 20.5. The summed E-state index contributed by atoms with van der Waals surface area (Å²) in [6.45, 7) is 5.35. The minimum atomic E-state index is 0. The summed E-state index contributed by atoms with van der Waals surface area (Å²) in [6.07, 6.45) is 4.88. The Balaban J connectivity index is 0.00000225. The highest BCUT2D eigenvalue weighted by molar-refractivity contribution is 14.0. The van der Waals surface area contributed by atoms with Crippen LogP contribution in [0.4, 0.5) is 0 Å². The highest BCUT2D eigenvalue weighted by Crippen LogP contribution is 2.14. The number of aliphatic imine (C=N–C) groups is 1. The van der Waals surface area contributed by atoms with Crippen LogP contribution in [0.3, 0.4) is 0 Å². The number of nitrogens with zero attached hydrogens (tertiary/aromatic N) is 2. The number of hydrogen-bond acceptors (Lipinski definition) is 3. The molecule has 6 heteroatoms. The highest BCUT2D eigenvalue weighted by Gasteiger charge is 2.16. The lowest BCUT2D eigenvalue weighted by Gasteiger charge is -2.22. The van der Waals surface area contributed by atoms with E-state index in [0.717, 1.165) is 51.6 Å². The highest BCUT2D eigenvalue weighted by atomic mass is 127. The minimum Gasteiger partial charge on any atom is -0.381 e. The summed E-state index contributed by atoms with van der Waals surface area (Å²) in [5.74, 6) is 1.01. The van der Waals surface area contributed by atoms with Crippen molar-refractivity contribution in [3.63, 3.8) is 0 Å². The van der Waals surface area contributed by atoms with Crippen molar-refractivity contribution in [2.24, 2.45) is 4.99 Å². The molecule has 0 amide bonds. The van der Waals surface area contributed by atoms with Gasteiger partial charge >= 0.3 is 0 Å². The van der Waals surface area contributed by atoms with Gasteiger partial charge in [-0.3, -0.25) is 4.99 Å². The molecule has 0 spiro atoms. The third kappa shape index (κ3) is 6.42. The van der Waals surface area contributed by atoms with Crippen LogP contribution in [0.25, 0.3) is 0 Å². The van der Waals surface area contributed by atoms with Crippen LogP contribution in [0.1, 0.15) is 36.8 Å². The lowest BCUT2D eigenvalue weighted by atomic mass is 10.1. The van der Waals surface area contributed by atoms with Crippen LogP contribution in [-0.4, -0.2) is 50.3 Å². The zero-order valence-electron chi connectivity index (χ0n) is 15.1. The summed E-state index contributed by atoms with van der Waals surface area (Å²) < 4.78 is 11.4. The fraction of sp³-hybridized carbons (Fsp3) is 0.632. The predicted molar refractivity (Wildman–Crippen MR) is 111 cm³/mol. The maximum absolute atomic E-state index is 6.02. The Morgan fingerprint density at radius 2 is 1.96 bits per heavy atom. The standard InChI is InChI=1S/C19H29N3O2.HI/c1-20-19(22-9-2-3-10-22)21-14-16-5-4-6-17(13-16)15-24-18-7-11-23-12-8-18;/h4-6,13,18H,2-3,7-12,14-15H2,1H3,(H,20,21);1H.